The maximum absolute atomic E-state index is 10.2. The van der Waals surface area contributed by atoms with Gasteiger partial charge in [0.15, 0.2) is 0 Å². The lowest BCUT2D eigenvalue weighted by Gasteiger charge is -2.23. The molecule has 0 radical (unpaired) electrons. The average molecular weight is 235 g/mol. The summed E-state index contributed by atoms with van der Waals surface area (Å²) in [5, 5.41) is 22.3. The molecule has 17 heavy (non-hydrogen) atoms. The lowest BCUT2D eigenvalue weighted by molar-refractivity contribution is 0.0615. The van der Waals surface area contributed by atoms with Gasteiger partial charge in [0, 0.05) is 18.8 Å². The molecule has 0 aliphatic heterocycles. The minimum Gasteiger partial charge on any atom is -0.396 e. The molecule has 0 aromatic heterocycles. The molecule has 0 spiro atoms. The Balaban J connectivity index is 1.86. The first-order chi connectivity index (χ1) is 8.22. The lowest BCUT2D eigenvalue weighted by Crippen LogP contribution is -2.33. The van der Waals surface area contributed by atoms with Gasteiger partial charge in [-0.05, 0) is 37.0 Å². The molecule has 0 bridgehead atoms. The van der Waals surface area contributed by atoms with Crippen LogP contribution in [0.2, 0.25) is 0 Å². The summed E-state index contributed by atoms with van der Waals surface area (Å²) in [4.78, 5) is 0. The molecule has 94 valence electrons. The van der Waals surface area contributed by atoms with Crippen LogP contribution in [-0.2, 0) is 6.42 Å². The second-order valence-electron chi connectivity index (χ2n) is 4.96. The fourth-order valence-electron chi connectivity index (χ4n) is 2.39. The van der Waals surface area contributed by atoms with Crippen LogP contribution in [0, 0.1) is 0 Å². The van der Waals surface area contributed by atoms with Crippen molar-refractivity contribution in [3.8, 4) is 0 Å². The van der Waals surface area contributed by atoms with E-state index in [0.717, 1.165) is 36.9 Å². The molecule has 0 unspecified atom stereocenters. The molecule has 0 heterocycles. The zero-order valence-corrected chi connectivity index (χ0v) is 10.2. The summed E-state index contributed by atoms with van der Waals surface area (Å²) >= 11 is 0. The third-order valence-corrected chi connectivity index (χ3v) is 3.51. The van der Waals surface area contributed by atoms with E-state index in [1.165, 1.54) is 0 Å². The van der Waals surface area contributed by atoms with Crippen LogP contribution in [-0.4, -0.2) is 29.0 Å². The summed E-state index contributed by atoms with van der Waals surface area (Å²) in [6, 6.07) is 8.03. The van der Waals surface area contributed by atoms with Gasteiger partial charge in [-0.15, -0.1) is 0 Å². The quantitative estimate of drug-likeness (QED) is 0.731. The van der Waals surface area contributed by atoms with Crippen molar-refractivity contribution in [2.24, 2.45) is 0 Å². The predicted molar refractivity (Wildman–Crippen MR) is 69.1 cm³/mol. The van der Waals surface area contributed by atoms with Crippen molar-refractivity contribution < 1.29 is 10.2 Å². The molecule has 0 amide bonds. The first-order valence-electron chi connectivity index (χ1n) is 6.38. The molecular formula is C14H21NO2. The molecule has 3 heteroatoms. The van der Waals surface area contributed by atoms with Gasteiger partial charge in [-0.1, -0.05) is 25.0 Å². The van der Waals surface area contributed by atoms with Crippen molar-refractivity contribution in [3.05, 3.63) is 29.8 Å². The summed E-state index contributed by atoms with van der Waals surface area (Å²) in [5.41, 5.74) is 1.66. The molecule has 1 aliphatic rings. The number of nitrogens with one attached hydrogen (secondary N) is 1. The van der Waals surface area contributed by atoms with Gasteiger partial charge in [-0.3, -0.25) is 0 Å². The summed E-state index contributed by atoms with van der Waals surface area (Å²) < 4.78 is 0. The molecule has 1 saturated carbocycles. The Hall–Kier alpha value is -1.06. The number of aliphatic hydroxyl groups excluding tert-OH is 1. The smallest absolute Gasteiger partial charge is 0.0819 e. The van der Waals surface area contributed by atoms with Gasteiger partial charge in [0.2, 0.25) is 0 Å². The molecular weight excluding hydrogens is 214 g/mol. The van der Waals surface area contributed by atoms with E-state index in [4.69, 9.17) is 5.11 Å². The topological polar surface area (TPSA) is 52.5 Å². The molecule has 1 aromatic carbocycles. The fourth-order valence-corrected chi connectivity index (χ4v) is 2.39. The van der Waals surface area contributed by atoms with Crippen molar-refractivity contribution in [2.75, 3.05) is 18.5 Å². The van der Waals surface area contributed by atoms with Crippen molar-refractivity contribution in [1.29, 1.82) is 0 Å². The highest BCUT2D eigenvalue weighted by Crippen LogP contribution is 2.29. The third kappa shape index (κ3) is 3.45. The molecule has 3 N–H and O–H groups in total. The number of hydrogen-bond donors (Lipinski definition) is 3. The molecule has 0 atom stereocenters. The van der Waals surface area contributed by atoms with Gasteiger partial charge < -0.3 is 15.5 Å². The highest BCUT2D eigenvalue weighted by Gasteiger charge is 2.30. The molecule has 2 rings (SSSR count). The number of rotatable bonds is 5. The standard InChI is InChI=1S/C14H21NO2/c16-10-7-12-3-5-13(6-4-12)15-11-14(17)8-1-2-9-14/h3-6,15-17H,1-2,7-11H2. The fraction of sp³-hybridized carbons (Fsp3) is 0.571. The summed E-state index contributed by atoms with van der Waals surface area (Å²) in [7, 11) is 0. The number of benzene rings is 1. The second kappa shape index (κ2) is 5.52. The Morgan fingerprint density at radius 3 is 2.35 bits per heavy atom. The molecule has 1 aromatic rings. The first kappa shape index (κ1) is 12.4. The number of aliphatic hydroxyl groups is 2. The Labute approximate surface area is 102 Å². The summed E-state index contributed by atoms with van der Waals surface area (Å²) in [6.07, 6.45) is 4.77. The van der Waals surface area contributed by atoms with E-state index in [2.05, 4.69) is 5.32 Å². The highest BCUT2D eigenvalue weighted by atomic mass is 16.3. The van der Waals surface area contributed by atoms with Crippen molar-refractivity contribution in [1.82, 2.24) is 0 Å². The van der Waals surface area contributed by atoms with Gasteiger partial charge in [0.1, 0.15) is 0 Å². The molecule has 0 saturated heterocycles. The van der Waals surface area contributed by atoms with Crippen LogP contribution >= 0.6 is 0 Å². The number of hydrogen-bond acceptors (Lipinski definition) is 3. The highest BCUT2D eigenvalue weighted by molar-refractivity contribution is 5.45. The van der Waals surface area contributed by atoms with E-state index in [-0.39, 0.29) is 6.61 Å². The van der Waals surface area contributed by atoms with Gasteiger partial charge >= 0.3 is 0 Å². The van der Waals surface area contributed by atoms with E-state index in [9.17, 15) is 5.11 Å². The first-order valence-corrected chi connectivity index (χ1v) is 6.38. The largest absolute Gasteiger partial charge is 0.396 e. The van der Waals surface area contributed by atoms with Crippen LogP contribution in [0.25, 0.3) is 0 Å². The molecule has 1 aliphatic carbocycles. The predicted octanol–water partition coefficient (Wildman–Crippen LogP) is 1.94. The van der Waals surface area contributed by atoms with Crippen LogP contribution in [0.5, 0.6) is 0 Å². The lowest BCUT2D eigenvalue weighted by atomic mass is 10.0. The van der Waals surface area contributed by atoms with E-state index in [0.29, 0.717) is 13.0 Å². The Morgan fingerprint density at radius 1 is 1.12 bits per heavy atom. The van der Waals surface area contributed by atoms with Crippen LogP contribution in [0.15, 0.2) is 24.3 Å². The van der Waals surface area contributed by atoms with E-state index in [1.54, 1.807) is 0 Å². The monoisotopic (exact) mass is 235 g/mol. The van der Waals surface area contributed by atoms with Crippen molar-refractivity contribution >= 4 is 5.69 Å². The zero-order valence-electron chi connectivity index (χ0n) is 10.2. The minimum atomic E-state index is -0.510. The minimum absolute atomic E-state index is 0.187. The van der Waals surface area contributed by atoms with E-state index < -0.39 is 5.60 Å². The van der Waals surface area contributed by atoms with Crippen molar-refractivity contribution in [3.63, 3.8) is 0 Å². The van der Waals surface area contributed by atoms with Crippen LogP contribution in [0.1, 0.15) is 31.2 Å². The summed E-state index contributed by atoms with van der Waals surface area (Å²) in [5.74, 6) is 0. The maximum atomic E-state index is 10.2. The Bertz CT molecular complexity index is 342. The van der Waals surface area contributed by atoms with Gasteiger partial charge in [0.25, 0.3) is 0 Å². The van der Waals surface area contributed by atoms with Crippen LogP contribution in [0.3, 0.4) is 0 Å². The van der Waals surface area contributed by atoms with E-state index >= 15 is 0 Å². The molecule has 1 fully saturated rings. The number of anilines is 1. The average Bonchev–Trinajstić information content (AvgIpc) is 2.76. The van der Waals surface area contributed by atoms with Gasteiger partial charge in [-0.2, -0.15) is 0 Å². The Kier molecular flexibility index (Phi) is 4.02. The SMILES string of the molecule is OCCc1ccc(NCC2(O)CCCC2)cc1. The third-order valence-electron chi connectivity index (χ3n) is 3.51. The maximum Gasteiger partial charge on any atom is 0.0819 e. The molecule has 3 nitrogen and oxygen atoms in total. The van der Waals surface area contributed by atoms with Gasteiger partial charge in [-0.25, -0.2) is 0 Å². The normalized spacial score (nSPS) is 18.2. The summed E-state index contributed by atoms with van der Waals surface area (Å²) in [6.45, 7) is 0.818. The van der Waals surface area contributed by atoms with Gasteiger partial charge in [0.05, 0.1) is 5.60 Å². The van der Waals surface area contributed by atoms with Crippen LogP contribution in [0.4, 0.5) is 5.69 Å². The van der Waals surface area contributed by atoms with E-state index in [1.807, 2.05) is 24.3 Å². The van der Waals surface area contributed by atoms with Crippen LogP contribution < -0.4 is 5.32 Å². The van der Waals surface area contributed by atoms with Crippen molar-refractivity contribution in [2.45, 2.75) is 37.7 Å². The second-order valence-corrected chi connectivity index (χ2v) is 4.96. The Morgan fingerprint density at radius 2 is 1.76 bits per heavy atom. The zero-order chi connectivity index (χ0) is 12.1.